The highest BCUT2D eigenvalue weighted by Crippen LogP contribution is 2.19. The maximum absolute atomic E-state index is 12.0. The zero-order valence-corrected chi connectivity index (χ0v) is 10.9. The smallest absolute Gasteiger partial charge is 0.263 e. The first-order chi connectivity index (χ1) is 7.16. The van der Waals surface area contributed by atoms with Gasteiger partial charge in [-0.25, -0.2) is 0 Å². The Kier molecular flexibility index (Phi) is 4.77. The molecule has 2 N–H and O–H groups in total. The van der Waals surface area contributed by atoms with Gasteiger partial charge in [-0.15, -0.1) is 23.7 Å². The van der Waals surface area contributed by atoms with Crippen LogP contribution in [0.2, 0.25) is 0 Å². The van der Waals surface area contributed by atoms with Gasteiger partial charge in [-0.1, -0.05) is 0 Å². The zero-order chi connectivity index (χ0) is 10.8. The molecule has 0 spiro atoms. The van der Waals surface area contributed by atoms with Gasteiger partial charge >= 0.3 is 0 Å². The van der Waals surface area contributed by atoms with Crippen molar-refractivity contribution in [3.05, 3.63) is 21.9 Å². The van der Waals surface area contributed by atoms with E-state index < -0.39 is 0 Å². The Hall–Kier alpha value is -0.580. The normalized spacial score (nSPS) is 20.4. The second-order valence-corrected chi connectivity index (χ2v) is 5.35. The van der Waals surface area contributed by atoms with Crippen LogP contribution in [0.1, 0.15) is 27.4 Å². The van der Waals surface area contributed by atoms with E-state index in [2.05, 4.69) is 0 Å². The van der Waals surface area contributed by atoms with E-state index in [1.165, 1.54) is 4.88 Å². The van der Waals surface area contributed by atoms with E-state index in [1.54, 1.807) is 11.3 Å². The number of nitrogens with two attached hydrogens (primary N) is 1. The van der Waals surface area contributed by atoms with Crippen molar-refractivity contribution in [2.75, 3.05) is 13.1 Å². The minimum atomic E-state index is 0. The second kappa shape index (κ2) is 5.66. The number of piperidine rings is 1. The average molecular weight is 261 g/mol. The van der Waals surface area contributed by atoms with Crippen molar-refractivity contribution in [3.8, 4) is 0 Å². The van der Waals surface area contributed by atoms with Crippen LogP contribution in [0.5, 0.6) is 0 Å². The summed E-state index contributed by atoms with van der Waals surface area (Å²) < 4.78 is 0. The summed E-state index contributed by atoms with van der Waals surface area (Å²) in [7, 11) is 0. The van der Waals surface area contributed by atoms with E-state index in [-0.39, 0.29) is 24.4 Å². The molecule has 1 fully saturated rings. The van der Waals surface area contributed by atoms with E-state index in [4.69, 9.17) is 5.73 Å². The number of halogens is 1. The molecule has 0 bridgehead atoms. The molecule has 2 heterocycles. The number of carbonyl (C=O) groups excluding carboxylic acids is 1. The number of likely N-dealkylation sites (tertiary alicyclic amines) is 1. The number of carbonyl (C=O) groups is 1. The van der Waals surface area contributed by atoms with E-state index in [9.17, 15) is 4.79 Å². The van der Waals surface area contributed by atoms with Crippen molar-refractivity contribution in [2.45, 2.75) is 25.8 Å². The van der Waals surface area contributed by atoms with Gasteiger partial charge in [-0.05, 0) is 31.9 Å². The SMILES string of the molecule is Cc1ccc(C(=O)N2CCCC(N)C2)s1.Cl. The molecular formula is C11H17ClN2OS. The standard InChI is InChI=1S/C11H16N2OS.ClH/c1-8-4-5-10(15-8)11(14)13-6-2-3-9(12)7-13;/h4-5,9H,2-3,6-7,12H2,1H3;1H. The molecule has 16 heavy (non-hydrogen) atoms. The monoisotopic (exact) mass is 260 g/mol. The number of nitrogens with zero attached hydrogens (tertiary/aromatic N) is 1. The van der Waals surface area contributed by atoms with E-state index in [1.807, 2.05) is 24.0 Å². The summed E-state index contributed by atoms with van der Waals surface area (Å²) in [5, 5.41) is 0. The van der Waals surface area contributed by atoms with Gasteiger partial charge in [0.15, 0.2) is 0 Å². The minimum absolute atomic E-state index is 0. The fourth-order valence-electron chi connectivity index (χ4n) is 1.90. The molecule has 0 aromatic carbocycles. The highest BCUT2D eigenvalue weighted by molar-refractivity contribution is 7.13. The lowest BCUT2D eigenvalue weighted by molar-refractivity contribution is 0.0714. The van der Waals surface area contributed by atoms with E-state index in [0.717, 1.165) is 24.3 Å². The van der Waals surface area contributed by atoms with E-state index in [0.29, 0.717) is 6.54 Å². The fourth-order valence-corrected chi connectivity index (χ4v) is 2.74. The summed E-state index contributed by atoms with van der Waals surface area (Å²) in [6, 6.07) is 4.05. The highest BCUT2D eigenvalue weighted by Gasteiger charge is 2.22. The summed E-state index contributed by atoms with van der Waals surface area (Å²) in [6.07, 6.45) is 2.06. The molecule has 0 saturated carbocycles. The van der Waals surface area contributed by atoms with Crippen LogP contribution in [0.4, 0.5) is 0 Å². The topological polar surface area (TPSA) is 46.3 Å². The Labute approximate surface area is 106 Å². The molecule has 3 nitrogen and oxygen atoms in total. The van der Waals surface area contributed by atoms with Gasteiger partial charge in [0.2, 0.25) is 0 Å². The number of aryl methyl sites for hydroxylation is 1. The molecule has 1 atom stereocenters. The molecule has 90 valence electrons. The molecule has 2 rings (SSSR count). The molecule has 1 unspecified atom stereocenters. The number of hydrogen-bond acceptors (Lipinski definition) is 3. The van der Waals surface area contributed by atoms with Gasteiger partial charge in [0, 0.05) is 24.0 Å². The molecule has 1 amide bonds. The second-order valence-electron chi connectivity index (χ2n) is 4.06. The van der Waals surface area contributed by atoms with Crippen molar-refractivity contribution in [1.82, 2.24) is 4.90 Å². The Bertz CT molecular complexity index is 367. The Morgan fingerprint density at radius 1 is 1.56 bits per heavy atom. The first-order valence-electron chi connectivity index (χ1n) is 5.28. The zero-order valence-electron chi connectivity index (χ0n) is 9.31. The Morgan fingerprint density at radius 3 is 2.88 bits per heavy atom. The van der Waals surface area contributed by atoms with Crippen molar-refractivity contribution >= 4 is 29.7 Å². The van der Waals surface area contributed by atoms with Crippen LogP contribution in [0.15, 0.2) is 12.1 Å². The summed E-state index contributed by atoms with van der Waals surface area (Å²) >= 11 is 1.56. The van der Waals surface area contributed by atoms with Gasteiger partial charge in [0.05, 0.1) is 4.88 Å². The van der Waals surface area contributed by atoms with Crippen LogP contribution in [-0.4, -0.2) is 29.9 Å². The van der Waals surface area contributed by atoms with Gasteiger partial charge in [0.1, 0.15) is 0 Å². The summed E-state index contributed by atoms with van der Waals surface area (Å²) in [6.45, 7) is 3.57. The van der Waals surface area contributed by atoms with Crippen LogP contribution < -0.4 is 5.73 Å². The van der Waals surface area contributed by atoms with Crippen molar-refractivity contribution in [1.29, 1.82) is 0 Å². The van der Waals surface area contributed by atoms with Crippen molar-refractivity contribution < 1.29 is 4.79 Å². The maximum Gasteiger partial charge on any atom is 0.263 e. The molecular weight excluding hydrogens is 244 g/mol. The average Bonchev–Trinajstić information content (AvgIpc) is 2.64. The largest absolute Gasteiger partial charge is 0.336 e. The maximum atomic E-state index is 12.0. The molecule has 1 aromatic heterocycles. The van der Waals surface area contributed by atoms with Gasteiger partial charge in [-0.2, -0.15) is 0 Å². The molecule has 1 aromatic rings. The molecule has 1 aliphatic rings. The molecule has 0 radical (unpaired) electrons. The lowest BCUT2D eigenvalue weighted by Gasteiger charge is -2.30. The molecule has 1 aliphatic heterocycles. The highest BCUT2D eigenvalue weighted by atomic mass is 35.5. The third-order valence-electron chi connectivity index (χ3n) is 2.70. The number of amides is 1. The van der Waals surface area contributed by atoms with Gasteiger partial charge < -0.3 is 10.6 Å². The van der Waals surface area contributed by atoms with Crippen LogP contribution in [0.3, 0.4) is 0 Å². The summed E-state index contributed by atoms with van der Waals surface area (Å²) in [5.74, 6) is 0.142. The predicted octanol–water partition coefficient (Wildman–Crippen LogP) is 2.04. The lowest BCUT2D eigenvalue weighted by Crippen LogP contribution is -2.45. The third kappa shape index (κ3) is 2.97. The molecule has 0 aliphatic carbocycles. The number of thiophene rings is 1. The fraction of sp³-hybridized carbons (Fsp3) is 0.545. The predicted molar refractivity (Wildman–Crippen MR) is 69.4 cm³/mol. The molecule has 5 heteroatoms. The van der Waals surface area contributed by atoms with Gasteiger partial charge in [-0.3, -0.25) is 4.79 Å². The first-order valence-corrected chi connectivity index (χ1v) is 6.10. The number of hydrogen-bond donors (Lipinski definition) is 1. The van der Waals surface area contributed by atoms with Crippen LogP contribution in [-0.2, 0) is 0 Å². The first kappa shape index (κ1) is 13.5. The minimum Gasteiger partial charge on any atom is -0.336 e. The summed E-state index contributed by atoms with van der Waals surface area (Å²) in [5.41, 5.74) is 5.86. The van der Waals surface area contributed by atoms with E-state index >= 15 is 0 Å². The quantitative estimate of drug-likeness (QED) is 0.840. The number of rotatable bonds is 1. The van der Waals surface area contributed by atoms with Crippen LogP contribution in [0.25, 0.3) is 0 Å². The lowest BCUT2D eigenvalue weighted by atomic mass is 10.1. The van der Waals surface area contributed by atoms with Crippen LogP contribution >= 0.6 is 23.7 Å². The Morgan fingerprint density at radius 2 is 2.31 bits per heavy atom. The third-order valence-corrected chi connectivity index (χ3v) is 3.68. The van der Waals surface area contributed by atoms with Crippen molar-refractivity contribution in [3.63, 3.8) is 0 Å². The van der Waals surface area contributed by atoms with Crippen LogP contribution in [0, 0.1) is 6.92 Å². The summed E-state index contributed by atoms with van der Waals surface area (Å²) in [4.78, 5) is 15.9. The van der Waals surface area contributed by atoms with Crippen molar-refractivity contribution in [2.24, 2.45) is 5.73 Å². The Balaban J connectivity index is 0.00000128. The molecule has 1 saturated heterocycles. The van der Waals surface area contributed by atoms with Gasteiger partial charge in [0.25, 0.3) is 5.91 Å².